The molecule has 0 saturated heterocycles. The zero-order chi connectivity index (χ0) is 16.2. The first kappa shape index (κ1) is 14.8. The average Bonchev–Trinajstić information content (AvgIpc) is 2.96. The highest BCUT2D eigenvalue weighted by molar-refractivity contribution is 7.05. The Morgan fingerprint density at radius 1 is 0.957 bits per heavy atom. The van der Waals surface area contributed by atoms with Crippen LogP contribution in [0.4, 0.5) is 0 Å². The van der Waals surface area contributed by atoms with Crippen molar-refractivity contribution >= 4 is 38.0 Å². The normalized spacial score (nSPS) is 18.3. The van der Waals surface area contributed by atoms with Gasteiger partial charge in [0, 0.05) is 0 Å². The zero-order valence-electron chi connectivity index (χ0n) is 14.0. The molecule has 118 valence electrons. The third-order valence-corrected chi connectivity index (χ3v) is 12.4. The van der Waals surface area contributed by atoms with Crippen molar-refractivity contribution in [2.24, 2.45) is 0 Å². The molecule has 0 aliphatic carbocycles. The summed E-state index contributed by atoms with van der Waals surface area (Å²) in [5.74, 6) is 0. The van der Waals surface area contributed by atoms with Gasteiger partial charge < -0.3 is 4.12 Å². The number of fused-ring (bicyclic) bond motifs is 2. The standard InChI is InChI=1S/C17H21N3OSi2/c1-22(2)16-10-14-15(11-17(16)23(3,4)21-22)20(19-18-14)12-13-8-6-5-7-9-13/h5-11H,12H2,1-4H3. The van der Waals surface area contributed by atoms with E-state index in [9.17, 15) is 0 Å². The molecule has 0 fully saturated rings. The lowest BCUT2D eigenvalue weighted by atomic mass is 10.2. The summed E-state index contributed by atoms with van der Waals surface area (Å²) in [6.45, 7) is 9.91. The summed E-state index contributed by atoms with van der Waals surface area (Å²) in [4.78, 5) is 0. The fourth-order valence-corrected chi connectivity index (χ4v) is 13.8. The van der Waals surface area contributed by atoms with E-state index in [4.69, 9.17) is 4.12 Å². The molecule has 0 saturated carbocycles. The third-order valence-electron chi connectivity index (χ3n) is 4.64. The molecule has 0 radical (unpaired) electrons. The van der Waals surface area contributed by atoms with Crippen LogP contribution < -0.4 is 10.4 Å². The second-order valence-corrected chi connectivity index (χ2v) is 15.2. The van der Waals surface area contributed by atoms with Gasteiger partial charge in [-0.15, -0.1) is 5.10 Å². The van der Waals surface area contributed by atoms with Crippen molar-refractivity contribution in [2.75, 3.05) is 0 Å². The Morgan fingerprint density at radius 3 is 2.30 bits per heavy atom. The molecule has 1 aliphatic heterocycles. The minimum Gasteiger partial charge on any atom is -0.449 e. The number of nitrogens with zero attached hydrogens (tertiary/aromatic N) is 3. The van der Waals surface area contributed by atoms with E-state index in [-0.39, 0.29) is 0 Å². The molecule has 2 aromatic carbocycles. The lowest BCUT2D eigenvalue weighted by molar-refractivity contribution is 0.583. The van der Waals surface area contributed by atoms with Crippen LogP contribution in [0.1, 0.15) is 5.56 Å². The van der Waals surface area contributed by atoms with Crippen LogP contribution in [0.3, 0.4) is 0 Å². The Hall–Kier alpha value is -1.77. The van der Waals surface area contributed by atoms with Gasteiger partial charge in [0.25, 0.3) is 0 Å². The van der Waals surface area contributed by atoms with Crippen LogP contribution in [0, 0.1) is 0 Å². The predicted molar refractivity (Wildman–Crippen MR) is 98.4 cm³/mol. The highest BCUT2D eigenvalue weighted by Gasteiger charge is 2.46. The van der Waals surface area contributed by atoms with Gasteiger partial charge in [-0.25, -0.2) is 4.68 Å². The maximum Gasteiger partial charge on any atom is 0.206 e. The minimum atomic E-state index is -1.81. The second-order valence-electron chi connectivity index (χ2n) is 7.24. The number of aromatic nitrogens is 3. The van der Waals surface area contributed by atoms with Crippen LogP contribution in [0.5, 0.6) is 0 Å². The van der Waals surface area contributed by atoms with E-state index in [1.807, 2.05) is 10.7 Å². The Kier molecular flexibility index (Phi) is 3.13. The molecule has 3 aromatic rings. The van der Waals surface area contributed by atoms with Crippen LogP contribution in [-0.4, -0.2) is 31.6 Å². The first-order valence-electron chi connectivity index (χ1n) is 7.99. The quantitative estimate of drug-likeness (QED) is 0.673. The van der Waals surface area contributed by atoms with Gasteiger partial charge in [-0.2, -0.15) is 0 Å². The Bertz CT molecular complexity index is 887. The molecule has 0 bridgehead atoms. The number of hydrogen-bond donors (Lipinski definition) is 0. The van der Waals surface area contributed by atoms with Gasteiger partial charge in [-0.05, 0) is 54.3 Å². The smallest absolute Gasteiger partial charge is 0.206 e. The SMILES string of the molecule is C[Si]1(C)O[Si](C)(C)c2cc3c(cc21)nnn3Cc1ccccc1. The van der Waals surface area contributed by atoms with Gasteiger partial charge in [0.05, 0.1) is 12.1 Å². The third kappa shape index (κ3) is 2.37. The second kappa shape index (κ2) is 4.86. The molecule has 4 rings (SSSR count). The van der Waals surface area contributed by atoms with Gasteiger partial charge in [0.15, 0.2) is 0 Å². The minimum absolute atomic E-state index is 0.750. The van der Waals surface area contributed by atoms with Crippen LogP contribution in [0.2, 0.25) is 26.2 Å². The molecule has 1 aromatic heterocycles. The molecular formula is C17H21N3OSi2. The molecule has 0 atom stereocenters. The molecule has 0 spiro atoms. The van der Waals surface area contributed by atoms with E-state index < -0.39 is 16.6 Å². The van der Waals surface area contributed by atoms with E-state index >= 15 is 0 Å². The molecule has 23 heavy (non-hydrogen) atoms. The summed E-state index contributed by atoms with van der Waals surface area (Å²) >= 11 is 0. The van der Waals surface area contributed by atoms with Crippen molar-refractivity contribution in [2.45, 2.75) is 32.7 Å². The monoisotopic (exact) mass is 339 g/mol. The molecule has 0 unspecified atom stereocenters. The Balaban J connectivity index is 1.85. The summed E-state index contributed by atoms with van der Waals surface area (Å²) in [6, 6.07) is 14.9. The van der Waals surface area contributed by atoms with Crippen molar-refractivity contribution in [3.8, 4) is 0 Å². The molecule has 2 heterocycles. The fraction of sp³-hybridized carbons (Fsp3) is 0.294. The Labute approximate surface area is 138 Å². The fourth-order valence-electron chi connectivity index (χ4n) is 3.63. The first-order valence-corrected chi connectivity index (χ1v) is 13.8. The maximum absolute atomic E-state index is 6.53. The predicted octanol–water partition coefficient (Wildman–Crippen LogP) is 2.33. The lowest BCUT2D eigenvalue weighted by Gasteiger charge is -2.22. The average molecular weight is 340 g/mol. The van der Waals surface area contributed by atoms with Crippen LogP contribution in [0.25, 0.3) is 11.0 Å². The van der Waals surface area contributed by atoms with Gasteiger partial charge in [0.2, 0.25) is 16.6 Å². The molecule has 0 amide bonds. The number of benzene rings is 2. The highest BCUT2D eigenvalue weighted by atomic mass is 28.4. The molecule has 6 heteroatoms. The molecular weight excluding hydrogens is 318 g/mol. The largest absolute Gasteiger partial charge is 0.449 e. The summed E-state index contributed by atoms with van der Waals surface area (Å²) in [7, 11) is -3.60. The number of hydrogen-bond acceptors (Lipinski definition) is 3. The van der Waals surface area contributed by atoms with E-state index in [1.54, 1.807) is 0 Å². The van der Waals surface area contributed by atoms with E-state index in [0.717, 1.165) is 17.6 Å². The van der Waals surface area contributed by atoms with Crippen molar-refractivity contribution < 1.29 is 4.12 Å². The highest BCUT2D eigenvalue weighted by Crippen LogP contribution is 2.24. The van der Waals surface area contributed by atoms with E-state index in [1.165, 1.54) is 15.9 Å². The van der Waals surface area contributed by atoms with Gasteiger partial charge in [0.1, 0.15) is 5.52 Å². The van der Waals surface area contributed by atoms with Crippen LogP contribution >= 0.6 is 0 Å². The van der Waals surface area contributed by atoms with Gasteiger partial charge in [-0.3, -0.25) is 0 Å². The van der Waals surface area contributed by atoms with Crippen LogP contribution in [-0.2, 0) is 10.7 Å². The summed E-state index contributed by atoms with van der Waals surface area (Å²) in [6.07, 6.45) is 0. The molecule has 0 N–H and O–H groups in total. The summed E-state index contributed by atoms with van der Waals surface area (Å²) in [5, 5.41) is 11.6. The zero-order valence-corrected chi connectivity index (χ0v) is 16.0. The van der Waals surface area contributed by atoms with E-state index in [0.29, 0.717) is 0 Å². The number of rotatable bonds is 2. The topological polar surface area (TPSA) is 39.9 Å². The van der Waals surface area contributed by atoms with Crippen molar-refractivity contribution in [3.63, 3.8) is 0 Å². The lowest BCUT2D eigenvalue weighted by Crippen LogP contribution is -2.44. The first-order chi connectivity index (χ1) is 10.9. The Morgan fingerprint density at radius 2 is 1.61 bits per heavy atom. The molecule has 4 nitrogen and oxygen atoms in total. The van der Waals surface area contributed by atoms with Gasteiger partial charge >= 0.3 is 0 Å². The van der Waals surface area contributed by atoms with Crippen LogP contribution in [0.15, 0.2) is 42.5 Å². The van der Waals surface area contributed by atoms with Crippen molar-refractivity contribution in [3.05, 3.63) is 48.0 Å². The van der Waals surface area contributed by atoms with Crippen molar-refractivity contribution in [1.29, 1.82) is 0 Å². The van der Waals surface area contributed by atoms with E-state index in [2.05, 4.69) is 72.9 Å². The molecule has 1 aliphatic rings. The van der Waals surface area contributed by atoms with Gasteiger partial charge in [-0.1, -0.05) is 35.5 Å². The summed E-state index contributed by atoms with van der Waals surface area (Å²) < 4.78 is 8.53. The van der Waals surface area contributed by atoms with Crippen molar-refractivity contribution in [1.82, 2.24) is 15.0 Å². The summed E-state index contributed by atoms with van der Waals surface area (Å²) in [5.41, 5.74) is 3.33. The maximum atomic E-state index is 6.53.